The molecule has 1 aliphatic rings. The predicted octanol–water partition coefficient (Wildman–Crippen LogP) is 5.45. The van der Waals surface area contributed by atoms with Crippen molar-refractivity contribution in [3.05, 3.63) is 93.5 Å². The van der Waals surface area contributed by atoms with Gasteiger partial charge in [0, 0.05) is 22.6 Å². The van der Waals surface area contributed by atoms with Crippen LogP contribution in [0, 0.1) is 0 Å². The Kier molecular flexibility index (Phi) is 6.21. The van der Waals surface area contributed by atoms with Crippen molar-refractivity contribution in [3.8, 4) is 11.5 Å². The van der Waals surface area contributed by atoms with E-state index in [2.05, 4.69) is 33.9 Å². The fourth-order valence-electron chi connectivity index (χ4n) is 4.05. The molecule has 4 nitrogen and oxygen atoms in total. The van der Waals surface area contributed by atoms with E-state index in [1.807, 2.05) is 48.5 Å². The number of hydrogen-bond acceptors (Lipinski definition) is 4. The monoisotopic (exact) mass is 465 g/mol. The lowest BCUT2D eigenvalue weighted by Gasteiger charge is -2.36. The highest BCUT2D eigenvalue weighted by Crippen LogP contribution is 2.40. The Labute approximate surface area is 185 Å². The van der Waals surface area contributed by atoms with Crippen LogP contribution >= 0.6 is 15.9 Å². The van der Waals surface area contributed by atoms with Crippen molar-refractivity contribution in [2.24, 2.45) is 0 Å². The van der Waals surface area contributed by atoms with Crippen molar-refractivity contribution in [1.29, 1.82) is 0 Å². The average Bonchev–Trinajstić information content (AvgIpc) is 2.77. The molecule has 1 aliphatic heterocycles. The second-order valence-corrected chi connectivity index (χ2v) is 8.41. The van der Waals surface area contributed by atoms with Crippen molar-refractivity contribution in [3.63, 3.8) is 0 Å². The van der Waals surface area contributed by atoms with Crippen LogP contribution in [0.4, 0.5) is 0 Å². The third-order valence-corrected chi connectivity index (χ3v) is 6.07. The smallest absolute Gasteiger partial charge is 0.343 e. The maximum atomic E-state index is 12.6. The number of halogens is 1. The highest BCUT2D eigenvalue weighted by Gasteiger charge is 2.29. The molecule has 3 aromatic rings. The van der Waals surface area contributed by atoms with Crippen LogP contribution in [0.15, 0.2) is 71.2 Å². The lowest BCUT2D eigenvalue weighted by atomic mass is 9.88. The summed E-state index contributed by atoms with van der Waals surface area (Å²) < 4.78 is 12.5. The third-order valence-electron chi connectivity index (χ3n) is 5.61. The van der Waals surface area contributed by atoms with E-state index in [0.29, 0.717) is 11.3 Å². The Morgan fingerprint density at radius 1 is 1.07 bits per heavy atom. The van der Waals surface area contributed by atoms with Crippen LogP contribution in [0.25, 0.3) is 0 Å². The number of ether oxygens (including phenoxy) is 2. The largest absolute Gasteiger partial charge is 0.496 e. The van der Waals surface area contributed by atoms with Gasteiger partial charge in [-0.3, -0.25) is 4.90 Å². The molecule has 0 radical (unpaired) electrons. The molecule has 0 saturated heterocycles. The normalized spacial score (nSPS) is 16.0. The van der Waals surface area contributed by atoms with Crippen LogP contribution in [-0.2, 0) is 12.8 Å². The van der Waals surface area contributed by atoms with Gasteiger partial charge in [-0.25, -0.2) is 4.79 Å². The second-order valence-electron chi connectivity index (χ2n) is 7.49. The summed E-state index contributed by atoms with van der Waals surface area (Å²) in [5.74, 6) is 1.14. The summed E-state index contributed by atoms with van der Waals surface area (Å²) >= 11 is 3.59. The lowest BCUT2D eigenvalue weighted by molar-refractivity contribution is 0.0732. The van der Waals surface area contributed by atoms with Gasteiger partial charge in [-0.05, 0) is 61.3 Å². The predicted molar refractivity (Wildman–Crippen MR) is 121 cm³/mol. The highest BCUT2D eigenvalue weighted by molar-refractivity contribution is 9.10. The molecule has 1 heterocycles. The summed E-state index contributed by atoms with van der Waals surface area (Å²) in [6.45, 7) is 0.962. The first kappa shape index (κ1) is 20.6. The van der Waals surface area contributed by atoms with Gasteiger partial charge in [0.05, 0.1) is 12.7 Å². The van der Waals surface area contributed by atoms with Crippen LogP contribution in [0.2, 0.25) is 0 Å². The first-order valence-corrected chi connectivity index (χ1v) is 10.8. The summed E-state index contributed by atoms with van der Waals surface area (Å²) in [6, 6.07) is 21.2. The molecule has 4 rings (SSSR count). The first-order chi connectivity index (χ1) is 14.6. The number of hydrogen-bond donors (Lipinski definition) is 0. The summed E-state index contributed by atoms with van der Waals surface area (Å²) in [7, 11) is 3.84. The van der Waals surface area contributed by atoms with Gasteiger partial charge in [0.2, 0.25) is 0 Å². The number of methoxy groups -OCH3 is 1. The molecule has 0 bridgehead atoms. The van der Waals surface area contributed by atoms with Crippen LogP contribution in [0.1, 0.15) is 33.1 Å². The number of fused-ring (bicyclic) bond motifs is 1. The summed E-state index contributed by atoms with van der Waals surface area (Å²) in [5, 5.41) is 0. The van der Waals surface area contributed by atoms with E-state index in [9.17, 15) is 4.79 Å². The molecule has 3 aromatic carbocycles. The van der Waals surface area contributed by atoms with Gasteiger partial charge in [-0.15, -0.1) is 0 Å². The first-order valence-electron chi connectivity index (χ1n) is 9.98. The minimum absolute atomic E-state index is 0.133. The molecule has 0 amide bonds. The third kappa shape index (κ3) is 4.27. The van der Waals surface area contributed by atoms with Gasteiger partial charge in [0.1, 0.15) is 11.5 Å². The second kappa shape index (κ2) is 9.02. The van der Waals surface area contributed by atoms with Gasteiger partial charge in [0.25, 0.3) is 0 Å². The molecule has 1 atom stereocenters. The quantitative estimate of drug-likeness (QED) is 0.371. The van der Waals surface area contributed by atoms with Gasteiger partial charge < -0.3 is 9.47 Å². The zero-order valence-corrected chi connectivity index (χ0v) is 18.7. The molecule has 0 N–H and O–H groups in total. The van der Waals surface area contributed by atoms with Crippen molar-refractivity contribution in [2.75, 3.05) is 20.7 Å². The lowest BCUT2D eigenvalue weighted by Crippen LogP contribution is -2.34. The van der Waals surface area contributed by atoms with Crippen molar-refractivity contribution in [2.45, 2.75) is 18.9 Å². The molecule has 0 fully saturated rings. The van der Waals surface area contributed by atoms with Crippen LogP contribution in [0.3, 0.4) is 0 Å². The topological polar surface area (TPSA) is 38.8 Å². The number of esters is 1. The molecule has 0 aliphatic carbocycles. The maximum Gasteiger partial charge on any atom is 0.343 e. The van der Waals surface area contributed by atoms with Gasteiger partial charge in [-0.1, -0.05) is 52.3 Å². The zero-order chi connectivity index (χ0) is 21.1. The van der Waals surface area contributed by atoms with E-state index in [1.54, 1.807) is 19.2 Å². The van der Waals surface area contributed by atoms with E-state index < -0.39 is 0 Å². The highest BCUT2D eigenvalue weighted by atomic mass is 79.9. The molecular formula is C25H24BrNO3. The van der Waals surface area contributed by atoms with E-state index in [0.717, 1.165) is 35.2 Å². The average molecular weight is 466 g/mol. The number of carbonyl (C=O) groups is 1. The van der Waals surface area contributed by atoms with Gasteiger partial charge in [0.15, 0.2) is 0 Å². The fraction of sp³-hybridized carbons (Fsp3) is 0.240. The molecule has 0 aromatic heterocycles. The SMILES string of the molecule is COc1cc(Br)cc2c1C(Cc1ccccc1OC(=O)c1ccccc1)N(C)CC2. The molecular weight excluding hydrogens is 442 g/mol. The van der Waals surface area contributed by atoms with Crippen molar-refractivity contribution in [1.82, 2.24) is 4.90 Å². The summed E-state index contributed by atoms with van der Waals surface area (Å²) in [4.78, 5) is 14.9. The molecule has 5 heteroatoms. The molecule has 0 saturated carbocycles. The number of para-hydroxylation sites is 1. The van der Waals surface area contributed by atoms with Crippen LogP contribution in [-0.4, -0.2) is 31.6 Å². The van der Waals surface area contributed by atoms with E-state index in [1.165, 1.54) is 11.1 Å². The van der Waals surface area contributed by atoms with Crippen molar-refractivity contribution < 1.29 is 14.3 Å². The molecule has 1 unspecified atom stereocenters. The Morgan fingerprint density at radius 3 is 2.57 bits per heavy atom. The van der Waals surface area contributed by atoms with Gasteiger partial charge in [-0.2, -0.15) is 0 Å². The Hall–Kier alpha value is -2.63. The molecule has 30 heavy (non-hydrogen) atoms. The Balaban J connectivity index is 1.65. The summed E-state index contributed by atoms with van der Waals surface area (Å²) in [5.41, 5.74) is 4.04. The number of carbonyl (C=O) groups excluding carboxylic acids is 1. The standard InChI is InChI=1S/C25H24BrNO3/c1-27-13-12-19-14-20(26)16-23(29-2)24(19)21(27)15-18-10-6-7-11-22(18)30-25(28)17-8-4-3-5-9-17/h3-11,14,16,21H,12-13,15H2,1-2H3. The maximum absolute atomic E-state index is 12.6. The minimum atomic E-state index is -0.345. The molecule has 154 valence electrons. The molecule has 0 spiro atoms. The number of nitrogens with zero attached hydrogens (tertiary/aromatic N) is 1. The van der Waals surface area contributed by atoms with Gasteiger partial charge >= 0.3 is 5.97 Å². The zero-order valence-electron chi connectivity index (χ0n) is 17.1. The minimum Gasteiger partial charge on any atom is -0.496 e. The van der Waals surface area contributed by atoms with Crippen LogP contribution in [0.5, 0.6) is 11.5 Å². The number of rotatable bonds is 5. The van der Waals surface area contributed by atoms with E-state index >= 15 is 0 Å². The number of benzene rings is 3. The summed E-state index contributed by atoms with van der Waals surface area (Å²) in [6.07, 6.45) is 1.70. The Bertz CT molecular complexity index is 1030. The number of likely N-dealkylation sites (N-methyl/N-ethyl adjacent to an activating group) is 1. The van der Waals surface area contributed by atoms with Crippen molar-refractivity contribution >= 4 is 21.9 Å². The van der Waals surface area contributed by atoms with E-state index in [4.69, 9.17) is 9.47 Å². The van der Waals surface area contributed by atoms with E-state index in [-0.39, 0.29) is 12.0 Å². The van der Waals surface area contributed by atoms with Crippen LogP contribution < -0.4 is 9.47 Å². The fourth-order valence-corrected chi connectivity index (χ4v) is 4.53. The Morgan fingerprint density at radius 2 is 1.80 bits per heavy atom.